The smallest absolute Gasteiger partial charge is 0.0569 e. The molecule has 0 radical (unpaired) electrons. The molecule has 1 aliphatic heterocycles. The maximum Gasteiger partial charge on any atom is 0.0569 e. The number of nitrogens with one attached hydrogen (secondary N) is 1. The summed E-state index contributed by atoms with van der Waals surface area (Å²) in [7, 11) is 0. The highest BCUT2D eigenvalue weighted by Gasteiger charge is 2.24. The fourth-order valence-corrected chi connectivity index (χ4v) is 4.11. The number of nitrogens with zero attached hydrogens (tertiary/aromatic N) is 1. The molecule has 0 aromatic heterocycles. The Labute approximate surface area is 166 Å². The lowest BCUT2D eigenvalue weighted by molar-refractivity contribution is 0.143. The normalized spacial score (nSPS) is 16.0. The van der Waals surface area contributed by atoms with Crippen molar-refractivity contribution in [3.8, 4) is 0 Å². The Morgan fingerprint density at radius 1 is 1.08 bits per heavy atom. The van der Waals surface area contributed by atoms with E-state index in [1.807, 2.05) is 18.1 Å². The van der Waals surface area contributed by atoms with Crippen molar-refractivity contribution in [1.82, 2.24) is 9.62 Å². The van der Waals surface area contributed by atoms with Crippen LogP contribution in [-0.4, -0.2) is 42.9 Å². The average molecular weight is 386 g/mol. The second-order valence-electron chi connectivity index (χ2n) is 7.47. The summed E-state index contributed by atoms with van der Waals surface area (Å²) in [6.45, 7) is 9.91. The third kappa shape index (κ3) is 12.9. The molecule has 0 unspecified atom stereocenters. The molecule has 1 heterocycles. The van der Waals surface area contributed by atoms with Gasteiger partial charge in [0.15, 0.2) is 0 Å². The van der Waals surface area contributed by atoms with E-state index in [0.717, 1.165) is 43.5 Å². The molecule has 0 aromatic rings. The first-order chi connectivity index (χ1) is 12.8. The minimum Gasteiger partial charge on any atom is -0.401 e. The fraction of sp³-hybridized carbons (Fsp3) is 0.905. The molecule has 1 aliphatic rings. The SMILES string of the molecule is CCCCCCN/C=C(\N)CCCCCCOCCSN1CC(CC)C1. The Hall–Kier alpha value is -0.390. The molecule has 3 N–H and O–H groups in total. The Kier molecular flexibility index (Phi) is 15.2. The molecule has 5 heteroatoms. The van der Waals surface area contributed by atoms with Crippen LogP contribution in [0, 0.1) is 5.92 Å². The first-order valence-electron chi connectivity index (χ1n) is 10.9. The van der Waals surface area contributed by atoms with Crippen LogP contribution in [0.2, 0.25) is 0 Å². The molecule has 0 bridgehead atoms. The Balaban J connectivity index is 1.76. The molecule has 0 aliphatic carbocycles. The van der Waals surface area contributed by atoms with Gasteiger partial charge < -0.3 is 15.8 Å². The van der Waals surface area contributed by atoms with E-state index >= 15 is 0 Å². The minimum atomic E-state index is 0.886. The van der Waals surface area contributed by atoms with Crippen molar-refractivity contribution in [3.63, 3.8) is 0 Å². The number of ether oxygens (including phenoxy) is 1. The first kappa shape index (κ1) is 23.6. The minimum absolute atomic E-state index is 0.886. The fourth-order valence-electron chi connectivity index (χ4n) is 3.03. The molecule has 4 nitrogen and oxygen atoms in total. The van der Waals surface area contributed by atoms with Crippen LogP contribution in [0.4, 0.5) is 0 Å². The zero-order valence-corrected chi connectivity index (χ0v) is 18.1. The molecule has 1 rings (SSSR count). The van der Waals surface area contributed by atoms with Crippen LogP contribution in [0.15, 0.2) is 11.9 Å². The number of rotatable bonds is 18. The van der Waals surface area contributed by atoms with Crippen LogP contribution < -0.4 is 11.1 Å². The van der Waals surface area contributed by atoms with E-state index < -0.39 is 0 Å². The van der Waals surface area contributed by atoms with Crippen molar-refractivity contribution in [3.05, 3.63) is 11.9 Å². The van der Waals surface area contributed by atoms with Crippen molar-refractivity contribution >= 4 is 11.9 Å². The summed E-state index contributed by atoms with van der Waals surface area (Å²) in [5, 5.41) is 3.33. The molecule has 0 spiro atoms. The van der Waals surface area contributed by atoms with Gasteiger partial charge in [0.1, 0.15) is 0 Å². The van der Waals surface area contributed by atoms with Gasteiger partial charge in [-0.05, 0) is 31.6 Å². The zero-order valence-electron chi connectivity index (χ0n) is 17.3. The highest BCUT2D eigenvalue weighted by Crippen LogP contribution is 2.25. The maximum absolute atomic E-state index is 6.04. The van der Waals surface area contributed by atoms with E-state index in [0.29, 0.717) is 0 Å². The first-order valence-corrected chi connectivity index (χ1v) is 11.8. The summed E-state index contributed by atoms with van der Waals surface area (Å²) >= 11 is 1.95. The molecular weight excluding hydrogens is 342 g/mol. The third-order valence-electron chi connectivity index (χ3n) is 4.97. The average Bonchev–Trinajstić information content (AvgIpc) is 2.61. The molecular formula is C21H43N3OS. The largest absolute Gasteiger partial charge is 0.401 e. The van der Waals surface area contributed by atoms with Gasteiger partial charge in [0.2, 0.25) is 0 Å². The zero-order chi connectivity index (χ0) is 18.9. The van der Waals surface area contributed by atoms with Gasteiger partial charge in [-0.25, -0.2) is 4.31 Å². The summed E-state index contributed by atoms with van der Waals surface area (Å²) in [5.41, 5.74) is 7.03. The molecule has 1 saturated heterocycles. The second kappa shape index (κ2) is 16.8. The summed E-state index contributed by atoms with van der Waals surface area (Å²) in [6.07, 6.45) is 14.4. The van der Waals surface area contributed by atoms with Crippen LogP contribution in [-0.2, 0) is 4.74 Å². The van der Waals surface area contributed by atoms with Gasteiger partial charge in [0.25, 0.3) is 0 Å². The molecule has 1 fully saturated rings. The Morgan fingerprint density at radius 2 is 1.85 bits per heavy atom. The second-order valence-corrected chi connectivity index (χ2v) is 8.65. The number of hydrogen-bond donors (Lipinski definition) is 2. The number of unbranched alkanes of at least 4 members (excludes halogenated alkanes) is 6. The number of allylic oxidation sites excluding steroid dienone is 1. The van der Waals surface area contributed by atoms with Crippen molar-refractivity contribution in [1.29, 1.82) is 0 Å². The van der Waals surface area contributed by atoms with Gasteiger partial charge in [-0.3, -0.25) is 0 Å². The molecule has 0 saturated carbocycles. The molecule has 26 heavy (non-hydrogen) atoms. The molecule has 0 amide bonds. The molecule has 0 aromatic carbocycles. The van der Waals surface area contributed by atoms with Gasteiger partial charge in [0, 0.05) is 43.9 Å². The number of nitrogens with two attached hydrogens (primary N) is 1. The van der Waals surface area contributed by atoms with E-state index in [1.165, 1.54) is 70.9 Å². The van der Waals surface area contributed by atoms with Gasteiger partial charge in [-0.2, -0.15) is 0 Å². The van der Waals surface area contributed by atoms with Crippen LogP contribution >= 0.6 is 11.9 Å². The van der Waals surface area contributed by atoms with Crippen LogP contribution in [0.5, 0.6) is 0 Å². The van der Waals surface area contributed by atoms with Gasteiger partial charge >= 0.3 is 0 Å². The van der Waals surface area contributed by atoms with Crippen molar-refractivity contribution in [2.45, 2.75) is 78.1 Å². The number of hydrogen-bond acceptors (Lipinski definition) is 5. The van der Waals surface area contributed by atoms with Gasteiger partial charge in [-0.15, -0.1) is 0 Å². The predicted molar refractivity (Wildman–Crippen MR) is 116 cm³/mol. The van der Waals surface area contributed by atoms with E-state index in [4.69, 9.17) is 10.5 Å². The van der Waals surface area contributed by atoms with Gasteiger partial charge in [-0.1, -0.05) is 64.3 Å². The highest BCUT2D eigenvalue weighted by molar-refractivity contribution is 7.97. The summed E-state index contributed by atoms with van der Waals surface area (Å²) in [5.74, 6) is 2.04. The van der Waals surface area contributed by atoms with E-state index in [9.17, 15) is 0 Å². The summed E-state index contributed by atoms with van der Waals surface area (Å²) in [4.78, 5) is 0. The van der Waals surface area contributed by atoms with Crippen molar-refractivity contribution in [2.24, 2.45) is 11.7 Å². The van der Waals surface area contributed by atoms with Gasteiger partial charge in [0.05, 0.1) is 6.61 Å². The van der Waals surface area contributed by atoms with Crippen LogP contribution in [0.1, 0.15) is 78.1 Å². The molecule has 154 valence electrons. The lowest BCUT2D eigenvalue weighted by Gasteiger charge is -2.37. The lowest BCUT2D eigenvalue weighted by Crippen LogP contribution is -2.41. The Bertz CT molecular complexity index is 346. The topological polar surface area (TPSA) is 50.5 Å². The van der Waals surface area contributed by atoms with Crippen LogP contribution in [0.3, 0.4) is 0 Å². The van der Waals surface area contributed by atoms with Crippen LogP contribution in [0.25, 0.3) is 0 Å². The van der Waals surface area contributed by atoms with E-state index in [1.54, 1.807) is 0 Å². The van der Waals surface area contributed by atoms with Crippen molar-refractivity contribution in [2.75, 3.05) is 38.6 Å². The monoisotopic (exact) mass is 385 g/mol. The summed E-state index contributed by atoms with van der Waals surface area (Å²) < 4.78 is 8.20. The van der Waals surface area contributed by atoms with Crippen molar-refractivity contribution < 1.29 is 4.74 Å². The standard InChI is InChI=1S/C21H43N3OS/c1-3-5-6-10-13-23-17-21(22)12-9-7-8-11-14-25-15-16-26-24-18-20(4-2)19-24/h17,20,23H,3-16,18-19,22H2,1-2H3/b21-17-. The van der Waals surface area contributed by atoms with E-state index in [2.05, 4.69) is 23.5 Å². The molecule has 0 atom stereocenters. The third-order valence-corrected chi connectivity index (χ3v) is 5.98. The van der Waals surface area contributed by atoms with E-state index in [-0.39, 0.29) is 0 Å². The summed E-state index contributed by atoms with van der Waals surface area (Å²) in [6, 6.07) is 0. The lowest BCUT2D eigenvalue weighted by atomic mass is 10.0. The predicted octanol–water partition coefficient (Wildman–Crippen LogP) is 4.91. The quantitative estimate of drug-likeness (QED) is 0.259. The Morgan fingerprint density at radius 3 is 2.62 bits per heavy atom. The highest BCUT2D eigenvalue weighted by atomic mass is 32.2. The maximum atomic E-state index is 6.04.